The number of hydrogen-bond donors (Lipinski definition) is 1. The Morgan fingerprint density at radius 3 is 2.86 bits per heavy atom. The lowest BCUT2D eigenvalue weighted by molar-refractivity contribution is 0.158. The lowest BCUT2D eigenvalue weighted by atomic mass is 10.2. The summed E-state index contributed by atoms with van der Waals surface area (Å²) in [5.74, 6) is 0. The van der Waals surface area contributed by atoms with E-state index in [0.29, 0.717) is 29.2 Å². The van der Waals surface area contributed by atoms with E-state index in [-0.39, 0.29) is 11.5 Å². The third-order valence-corrected chi connectivity index (χ3v) is 7.21. The minimum Gasteiger partial charge on any atom is -0.392 e. The molecule has 5 nitrogen and oxygen atoms in total. The van der Waals surface area contributed by atoms with Crippen LogP contribution in [-0.4, -0.2) is 55.0 Å². The van der Waals surface area contributed by atoms with Gasteiger partial charge in [0.05, 0.1) is 11.5 Å². The molecule has 2 aliphatic rings. The summed E-state index contributed by atoms with van der Waals surface area (Å²) < 4.78 is 27.9. The number of rotatable bonds is 3. The maximum atomic E-state index is 12.9. The van der Waals surface area contributed by atoms with Crippen molar-refractivity contribution in [2.45, 2.75) is 30.4 Å². The third kappa shape index (κ3) is 2.90. The zero-order valence-corrected chi connectivity index (χ0v) is 14.1. The van der Waals surface area contributed by atoms with E-state index < -0.39 is 10.0 Å². The first-order chi connectivity index (χ1) is 10.0. The van der Waals surface area contributed by atoms with E-state index in [1.165, 1.54) is 0 Å². The Morgan fingerprint density at radius 1 is 1.29 bits per heavy atom. The monoisotopic (exact) mass is 374 g/mol. The molecule has 2 heterocycles. The summed E-state index contributed by atoms with van der Waals surface area (Å²) in [6.07, 6.45) is 2.23. The molecule has 2 fully saturated rings. The first-order valence-electron chi connectivity index (χ1n) is 7.16. The van der Waals surface area contributed by atoms with Crippen LogP contribution in [0.15, 0.2) is 27.6 Å². The fourth-order valence-corrected chi connectivity index (χ4v) is 5.61. The van der Waals surface area contributed by atoms with Crippen LogP contribution in [0.5, 0.6) is 0 Å². The Morgan fingerprint density at radius 2 is 2.10 bits per heavy atom. The molecule has 1 unspecified atom stereocenters. The van der Waals surface area contributed by atoms with Crippen molar-refractivity contribution in [1.82, 2.24) is 9.21 Å². The van der Waals surface area contributed by atoms with Gasteiger partial charge in [-0.25, -0.2) is 8.42 Å². The topological polar surface area (TPSA) is 60.9 Å². The molecule has 1 aromatic rings. The van der Waals surface area contributed by atoms with Crippen LogP contribution in [-0.2, 0) is 16.6 Å². The number of halogens is 1. The maximum absolute atomic E-state index is 12.9. The quantitative estimate of drug-likeness (QED) is 0.868. The lowest BCUT2D eigenvalue weighted by Gasteiger charge is -2.36. The van der Waals surface area contributed by atoms with Gasteiger partial charge in [0.1, 0.15) is 0 Å². The minimum atomic E-state index is -3.52. The molecular formula is C14H19BrN2O3S. The molecule has 116 valence electrons. The zero-order valence-electron chi connectivity index (χ0n) is 11.7. The molecule has 2 aliphatic heterocycles. The van der Waals surface area contributed by atoms with Crippen LogP contribution in [0.4, 0.5) is 0 Å². The Kier molecular flexibility index (Phi) is 4.38. The average Bonchev–Trinajstić information content (AvgIpc) is 2.95. The highest BCUT2D eigenvalue weighted by molar-refractivity contribution is 9.10. The Bertz CT molecular complexity index is 635. The second-order valence-electron chi connectivity index (χ2n) is 5.62. The number of nitrogens with zero attached hydrogens (tertiary/aromatic N) is 2. The number of aliphatic hydroxyl groups is 1. The molecule has 21 heavy (non-hydrogen) atoms. The minimum absolute atomic E-state index is 0.161. The molecule has 0 aromatic heterocycles. The van der Waals surface area contributed by atoms with Crippen molar-refractivity contribution in [2.24, 2.45) is 0 Å². The average molecular weight is 375 g/mol. The first kappa shape index (κ1) is 15.4. The lowest BCUT2D eigenvalue weighted by Crippen LogP contribution is -2.51. The highest BCUT2D eigenvalue weighted by Gasteiger charge is 2.36. The van der Waals surface area contributed by atoms with Crippen LogP contribution in [0.3, 0.4) is 0 Å². The number of aliphatic hydroxyl groups excluding tert-OH is 1. The molecule has 0 saturated carbocycles. The smallest absolute Gasteiger partial charge is 0.244 e. The van der Waals surface area contributed by atoms with Crippen LogP contribution in [0.2, 0.25) is 0 Å². The van der Waals surface area contributed by atoms with E-state index in [9.17, 15) is 13.5 Å². The number of hydrogen-bond acceptors (Lipinski definition) is 4. The number of fused-ring (bicyclic) bond motifs is 1. The van der Waals surface area contributed by atoms with E-state index in [0.717, 1.165) is 25.9 Å². The number of sulfonamides is 1. The van der Waals surface area contributed by atoms with Gasteiger partial charge >= 0.3 is 0 Å². The molecule has 1 N–H and O–H groups in total. The zero-order chi connectivity index (χ0) is 15.0. The van der Waals surface area contributed by atoms with Crippen LogP contribution < -0.4 is 0 Å². The van der Waals surface area contributed by atoms with Gasteiger partial charge in [-0.05, 0) is 53.0 Å². The largest absolute Gasteiger partial charge is 0.392 e. The summed E-state index contributed by atoms with van der Waals surface area (Å²) in [5, 5.41) is 9.22. The molecule has 0 amide bonds. The van der Waals surface area contributed by atoms with Crippen molar-refractivity contribution in [3.63, 3.8) is 0 Å². The van der Waals surface area contributed by atoms with Crippen molar-refractivity contribution in [3.8, 4) is 0 Å². The predicted octanol–water partition coefficient (Wildman–Crippen LogP) is 1.41. The standard InChI is InChI=1S/C14H19BrN2O3S/c15-13-4-3-11(10-18)8-14(13)21(19,20)17-7-6-16-5-1-2-12(16)9-17/h3-4,8,12,18H,1-2,5-7,9-10H2. The van der Waals surface area contributed by atoms with Crippen molar-refractivity contribution in [1.29, 1.82) is 0 Å². The SMILES string of the molecule is O=S(=O)(c1cc(CO)ccc1Br)N1CCN2CCCC2C1. The Balaban J connectivity index is 1.90. The van der Waals surface area contributed by atoms with Crippen LogP contribution in [0, 0.1) is 0 Å². The summed E-state index contributed by atoms with van der Waals surface area (Å²) in [6.45, 7) is 2.84. The summed E-state index contributed by atoms with van der Waals surface area (Å²) >= 11 is 3.32. The molecule has 7 heteroatoms. The second-order valence-corrected chi connectivity index (χ2v) is 8.38. The Hall–Kier alpha value is -0.470. The number of piperazine rings is 1. The second kappa shape index (κ2) is 5.96. The van der Waals surface area contributed by atoms with Crippen molar-refractivity contribution in [2.75, 3.05) is 26.2 Å². The molecule has 1 atom stereocenters. The van der Waals surface area contributed by atoms with Crippen LogP contribution >= 0.6 is 15.9 Å². The normalized spacial score (nSPS) is 24.2. The van der Waals surface area contributed by atoms with Gasteiger partial charge in [-0.2, -0.15) is 4.31 Å². The highest BCUT2D eigenvalue weighted by atomic mass is 79.9. The van der Waals surface area contributed by atoms with Gasteiger partial charge in [0.25, 0.3) is 0 Å². The third-order valence-electron chi connectivity index (χ3n) is 4.35. The molecular weight excluding hydrogens is 356 g/mol. The van der Waals surface area contributed by atoms with Gasteiger partial charge in [0, 0.05) is 30.1 Å². The van der Waals surface area contributed by atoms with Gasteiger partial charge in [-0.15, -0.1) is 0 Å². The molecule has 1 aromatic carbocycles. The van der Waals surface area contributed by atoms with E-state index in [1.807, 2.05) is 0 Å². The van der Waals surface area contributed by atoms with E-state index in [4.69, 9.17) is 0 Å². The predicted molar refractivity (Wildman–Crippen MR) is 83.4 cm³/mol. The van der Waals surface area contributed by atoms with Crippen molar-refractivity contribution < 1.29 is 13.5 Å². The van der Waals surface area contributed by atoms with E-state index in [2.05, 4.69) is 20.8 Å². The van der Waals surface area contributed by atoms with E-state index >= 15 is 0 Å². The fourth-order valence-electron chi connectivity index (χ4n) is 3.16. The van der Waals surface area contributed by atoms with Gasteiger partial charge in [-0.1, -0.05) is 6.07 Å². The maximum Gasteiger partial charge on any atom is 0.244 e. The summed E-state index contributed by atoms with van der Waals surface area (Å²) in [6, 6.07) is 5.32. The van der Waals surface area contributed by atoms with Crippen molar-refractivity contribution >= 4 is 26.0 Å². The molecule has 0 aliphatic carbocycles. The molecule has 2 saturated heterocycles. The van der Waals surface area contributed by atoms with Gasteiger partial charge < -0.3 is 5.11 Å². The van der Waals surface area contributed by atoms with Crippen molar-refractivity contribution in [3.05, 3.63) is 28.2 Å². The van der Waals surface area contributed by atoms with Gasteiger partial charge in [-0.3, -0.25) is 4.90 Å². The summed E-state index contributed by atoms with van der Waals surface area (Å²) in [5.41, 5.74) is 0.608. The van der Waals surface area contributed by atoms with E-state index in [1.54, 1.807) is 22.5 Å². The Labute approximate surface area is 133 Å². The first-order valence-corrected chi connectivity index (χ1v) is 9.39. The molecule has 0 radical (unpaired) electrons. The molecule has 3 rings (SSSR count). The summed E-state index contributed by atoms with van der Waals surface area (Å²) in [7, 11) is -3.52. The van der Waals surface area contributed by atoms with Crippen LogP contribution in [0.25, 0.3) is 0 Å². The molecule has 0 bridgehead atoms. The van der Waals surface area contributed by atoms with Crippen LogP contribution in [0.1, 0.15) is 18.4 Å². The summed E-state index contributed by atoms with van der Waals surface area (Å²) in [4.78, 5) is 2.63. The van der Waals surface area contributed by atoms with Gasteiger partial charge in [0.15, 0.2) is 0 Å². The molecule has 0 spiro atoms. The fraction of sp³-hybridized carbons (Fsp3) is 0.571. The number of benzene rings is 1. The van der Waals surface area contributed by atoms with Gasteiger partial charge in [0.2, 0.25) is 10.0 Å². The highest BCUT2D eigenvalue weighted by Crippen LogP contribution is 2.30.